The first kappa shape index (κ1) is 28.0. The summed E-state index contributed by atoms with van der Waals surface area (Å²) < 4.78 is 50.8. The lowest BCUT2D eigenvalue weighted by molar-refractivity contribution is -0.454. The maximum Gasteiger partial charge on any atom is 0.465 e. The van der Waals surface area contributed by atoms with Crippen LogP contribution in [0.4, 0.5) is 0 Å². The molecule has 0 aliphatic heterocycles. The van der Waals surface area contributed by atoms with Crippen molar-refractivity contribution >= 4 is 13.3 Å². The first-order chi connectivity index (χ1) is 14.7. The molecule has 0 N–H and O–H groups in total. The summed E-state index contributed by atoms with van der Waals surface area (Å²) in [6, 6.07) is 0. The normalized spacial score (nSPS) is 24.7. The molecule has 1 aliphatic carbocycles. The molecule has 0 spiro atoms. The van der Waals surface area contributed by atoms with Crippen LogP contribution in [0, 0.1) is 0 Å². The Morgan fingerprint density at radius 1 is 0.871 bits per heavy atom. The van der Waals surface area contributed by atoms with Crippen molar-refractivity contribution in [2.24, 2.45) is 0 Å². The predicted octanol–water partition coefficient (Wildman–Crippen LogP) is 4.16. The number of hydrogen-bond acceptors (Lipinski definition) is 8. The monoisotopic (exact) mass is 461 g/mol. The van der Waals surface area contributed by atoms with Crippen LogP contribution in [0.5, 0.6) is 0 Å². The minimum atomic E-state index is -2.77. The summed E-state index contributed by atoms with van der Waals surface area (Å²) in [5, 5.41) is -1.84. The van der Waals surface area contributed by atoms with Crippen molar-refractivity contribution in [1.82, 2.24) is 0 Å². The molecule has 31 heavy (non-hydrogen) atoms. The van der Waals surface area contributed by atoms with Crippen molar-refractivity contribution < 1.29 is 37.8 Å². The molecule has 0 aromatic rings. The van der Waals surface area contributed by atoms with Crippen molar-refractivity contribution in [3.05, 3.63) is 24.3 Å². The molecule has 0 amide bonds. The van der Waals surface area contributed by atoms with Crippen LogP contribution in [0.1, 0.15) is 48.5 Å². The van der Waals surface area contributed by atoms with E-state index in [4.69, 9.17) is 28.4 Å². The van der Waals surface area contributed by atoms with Gasteiger partial charge >= 0.3 is 24.5 Å². The summed E-state index contributed by atoms with van der Waals surface area (Å²) in [6.07, 6.45) is 2.42. The van der Waals surface area contributed by atoms with Gasteiger partial charge in [-0.3, -0.25) is 0 Å². The summed E-state index contributed by atoms with van der Waals surface area (Å²) in [5.41, 5.74) is -0.505. The van der Waals surface area contributed by atoms with Gasteiger partial charge < -0.3 is 28.4 Å². The summed E-state index contributed by atoms with van der Waals surface area (Å²) >= 11 is 0. The smallest absolute Gasteiger partial charge is 0.369 e. The van der Waals surface area contributed by atoms with Gasteiger partial charge in [0, 0.05) is 51.3 Å². The predicted molar refractivity (Wildman–Crippen MR) is 118 cm³/mol. The van der Waals surface area contributed by atoms with Gasteiger partial charge in [-0.15, -0.1) is 0 Å². The van der Waals surface area contributed by atoms with Crippen molar-refractivity contribution in [3.63, 3.8) is 0 Å². The van der Waals surface area contributed by atoms with Crippen molar-refractivity contribution in [3.8, 4) is 0 Å². The molecule has 0 saturated carbocycles. The van der Waals surface area contributed by atoms with Crippen LogP contribution in [0.25, 0.3) is 0 Å². The van der Waals surface area contributed by atoms with E-state index in [2.05, 4.69) is 6.58 Å². The highest BCUT2D eigenvalue weighted by Crippen LogP contribution is 2.60. The third kappa shape index (κ3) is 4.86. The molecule has 8 nitrogen and oxygen atoms in total. The second-order valence-corrected chi connectivity index (χ2v) is 8.42. The molecule has 0 fully saturated rings. The van der Waals surface area contributed by atoms with Crippen LogP contribution in [-0.4, -0.2) is 68.2 Å². The first-order valence-corrected chi connectivity index (χ1v) is 12.2. The molecule has 0 heterocycles. The third-order valence-corrected chi connectivity index (χ3v) is 6.70. The highest BCUT2D eigenvalue weighted by atomic mass is 31.1. The lowest BCUT2D eigenvalue weighted by Crippen LogP contribution is -2.77. The maximum absolute atomic E-state index is 13.8. The second kappa shape index (κ2) is 12.3. The van der Waals surface area contributed by atoms with Gasteiger partial charge in [-0.1, -0.05) is 11.1 Å². The average Bonchev–Trinajstić information content (AvgIpc) is 2.73. The Bertz CT molecular complexity index is 650. The summed E-state index contributed by atoms with van der Waals surface area (Å²) in [4.78, 5) is 12.9. The van der Waals surface area contributed by atoms with E-state index in [1.54, 1.807) is 40.7 Å². The van der Waals surface area contributed by atoms with Gasteiger partial charge in [-0.05, 0) is 54.5 Å². The molecule has 0 saturated heterocycles. The van der Waals surface area contributed by atoms with Gasteiger partial charge in [0.1, 0.15) is 6.10 Å². The summed E-state index contributed by atoms with van der Waals surface area (Å²) in [6.45, 7) is 17.1. The van der Waals surface area contributed by atoms with E-state index in [1.807, 2.05) is 6.92 Å². The molecule has 3 atom stereocenters. The van der Waals surface area contributed by atoms with E-state index in [0.717, 1.165) is 0 Å². The zero-order chi connectivity index (χ0) is 23.7. The standard InChI is InChI=1S/C22H38O8P/c1-9-25-18-15-16-20(26-10-2,31(24)19(23)17(7)8)22(29-13-5,30-14-6)21(18,27-11-3)28-12-4/h15-16,18H,7,9-14H2,1-6,8H3/q+1. The van der Waals surface area contributed by atoms with Gasteiger partial charge in [0.25, 0.3) is 5.79 Å². The van der Waals surface area contributed by atoms with Crippen LogP contribution < -0.4 is 0 Å². The Labute approximate surface area is 187 Å². The van der Waals surface area contributed by atoms with Gasteiger partial charge in [-0.2, -0.15) is 0 Å². The average molecular weight is 462 g/mol. The van der Waals surface area contributed by atoms with E-state index in [-0.39, 0.29) is 38.6 Å². The molecule has 0 aromatic carbocycles. The lowest BCUT2D eigenvalue weighted by atomic mass is 9.86. The van der Waals surface area contributed by atoms with E-state index in [9.17, 15) is 9.36 Å². The number of rotatable bonds is 15. The van der Waals surface area contributed by atoms with Gasteiger partial charge in [0.2, 0.25) is 0 Å². The number of allylic oxidation sites excluding steroid dienone is 1. The Morgan fingerprint density at radius 3 is 1.74 bits per heavy atom. The Hall–Kier alpha value is -0.990. The molecule has 0 radical (unpaired) electrons. The Kier molecular flexibility index (Phi) is 11.1. The van der Waals surface area contributed by atoms with Crippen LogP contribution >= 0.6 is 7.80 Å². The lowest BCUT2D eigenvalue weighted by Gasteiger charge is -2.55. The Balaban J connectivity index is 4.08. The maximum atomic E-state index is 13.8. The summed E-state index contributed by atoms with van der Waals surface area (Å²) in [5.74, 6) is -3.60. The van der Waals surface area contributed by atoms with Crippen LogP contribution in [0.2, 0.25) is 0 Å². The van der Waals surface area contributed by atoms with E-state index in [0.29, 0.717) is 6.61 Å². The van der Waals surface area contributed by atoms with E-state index in [1.165, 1.54) is 13.0 Å². The molecule has 1 rings (SSSR count). The summed E-state index contributed by atoms with van der Waals surface area (Å²) in [7, 11) is -2.77. The molecule has 9 heteroatoms. The quantitative estimate of drug-likeness (QED) is 0.155. The minimum absolute atomic E-state index is 0.129. The molecule has 0 aromatic heterocycles. The fourth-order valence-electron chi connectivity index (χ4n) is 3.86. The van der Waals surface area contributed by atoms with Crippen LogP contribution in [0.15, 0.2) is 24.3 Å². The molecule has 0 bridgehead atoms. The van der Waals surface area contributed by atoms with E-state index >= 15 is 0 Å². The molecular formula is C22H38O8P+. The fraction of sp³-hybridized carbons (Fsp3) is 0.773. The zero-order valence-corrected chi connectivity index (χ0v) is 20.8. The fourth-order valence-corrected chi connectivity index (χ4v) is 5.53. The number of carbonyl (C=O) groups is 1. The van der Waals surface area contributed by atoms with Crippen molar-refractivity contribution in [1.29, 1.82) is 0 Å². The highest BCUT2D eigenvalue weighted by Gasteiger charge is 2.82. The van der Waals surface area contributed by atoms with Crippen molar-refractivity contribution in [2.45, 2.75) is 71.5 Å². The number of ether oxygens (including phenoxy) is 6. The largest absolute Gasteiger partial charge is 0.465 e. The first-order valence-electron chi connectivity index (χ1n) is 10.9. The highest BCUT2D eigenvalue weighted by molar-refractivity contribution is 7.66. The molecular weight excluding hydrogens is 423 g/mol. The van der Waals surface area contributed by atoms with Crippen molar-refractivity contribution in [2.75, 3.05) is 39.6 Å². The Morgan fingerprint density at radius 2 is 1.35 bits per heavy atom. The molecule has 1 aliphatic rings. The number of hydrogen-bond donors (Lipinski definition) is 0. The van der Waals surface area contributed by atoms with E-state index < -0.39 is 36.3 Å². The molecule has 3 unspecified atom stereocenters. The van der Waals surface area contributed by atoms with Gasteiger partial charge in [0.05, 0.1) is 0 Å². The molecule has 178 valence electrons. The van der Waals surface area contributed by atoms with Gasteiger partial charge in [0.15, 0.2) is 0 Å². The topological polar surface area (TPSA) is 89.5 Å². The van der Waals surface area contributed by atoms with Gasteiger partial charge in [-0.25, -0.2) is 4.79 Å². The van der Waals surface area contributed by atoms with Crippen LogP contribution in [-0.2, 0) is 37.8 Å². The second-order valence-electron chi connectivity index (χ2n) is 6.76. The minimum Gasteiger partial charge on any atom is -0.369 e. The number of carbonyl (C=O) groups excluding carboxylic acids is 1. The zero-order valence-electron chi connectivity index (χ0n) is 19.9. The SMILES string of the molecule is C=C(C)C(=O)[P+](=O)C1(OCC)C=CC(OCC)C(OCC)(OCC)C1(OCC)OCC. The van der Waals surface area contributed by atoms with Crippen LogP contribution in [0.3, 0.4) is 0 Å². The third-order valence-electron chi connectivity index (χ3n) is 4.78.